The number of hydrogen-bond donors (Lipinski definition) is 0. The Labute approximate surface area is 58.0 Å². The molecule has 0 saturated heterocycles. The molecule has 0 fully saturated rings. The molecule has 9 heavy (non-hydrogen) atoms. The van der Waals surface area contributed by atoms with E-state index >= 15 is 0 Å². The molecule has 0 amide bonds. The first-order chi connectivity index (χ1) is 4.43. The van der Waals surface area contributed by atoms with Crippen molar-refractivity contribution in [3.8, 4) is 0 Å². The molecule has 0 N–H and O–H groups in total. The summed E-state index contributed by atoms with van der Waals surface area (Å²) < 4.78 is 0. The van der Waals surface area contributed by atoms with Crippen molar-refractivity contribution in [3.63, 3.8) is 0 Å². The molecule has 0 saturated carbocycles. The average molecular weight is 124 g/mol. The lowest BCUT2D eigenvalue weighted by Crippen LogP contribution is -1.99. The monoisotopic (exact) mass is 124 g/mol. The number of allylic oxidation sites excluding steroid dienone is 2. The van der Waals surface area contributed by atoms with Gasteiger partial charge in [-0.15, -0.1) is 0 Å². The zero-order valence-corrected chi connectivity index (χ0v) is 6.27. The predicted molar refractivity (Wildman–Crippen MR) is 41.4 cm³/mol. The second-order valence-corrected chi connectivity index (χ2v) is 2.91. The van der Waals surface area contributed by atoms with E-state index in [1.807, 2.05) is 0 Å². The van der Waals surface area contributed by atoms with Crippen molar-refractivity contribution in [2.24, 2.45) is 5.92 Å². The summed E-state index contributed by atoms with van der Waals surface area (Å²) in [6, 6.07) is 0. The van der Waals surface area contributed by atoms with Crippen molar-refractivity contribution >= 4 is 0 Å². The third-order valence-electron chi connectivity index (χ3n) is 2.01. The molecule has 0 unspecified atom stereocenters. The minimum atomic E-state index is 0.920. The predicted octanol–water partition coefficient (Wildman–Crippen LogP) is 3.14. The summed E-state index contributed by atoms with van der Waals surface area (Å²) in [7, 11) is 0. The fraction of sp³-hybridized carbons (Fsp3) is 0.778. The van der Waals surface area contributed by atoms with E-state index in [0.29, 0.717) is 0 Å². The highest BCUT2D eigenvalue weighted by Gasteiger charge is 2.05. The minimum Gasteiger partial charge on any atom is -0.0883 e. The zero-order chi connectivity index (χ0) is 6.53. The molecule has 0 radical (unpaired) electrons. The van der Waals surface area contributed by atoms with E-state index in [9.17, 15) is 0 Å². The van der Waals surface area contributed by atoms with Crippen molar-refractivity contribution in [1.82, 2.24) is 0 Å². The van der Waals surface area contributed by atoms with Crippen molar-refractivity contribution in [2.45, 2.75) is 39.0 Å². The molecule has 0 bridgehead atoms. The molecule has 1 aliphatic rings. The number of hydrogen-bond acceptors (Lipinski definition) is 0. The van der Waals surface area contributed by atoms with Crippen LogP contribution in [-0.4, -0.2) is 0 Å². The molecular weight excluding hydrogens is 108 g/mol. The van der Waals surface area contributed by atoms with Crippen LogP contribution in [0.2, 0.25) is 0 Å². The van der Waals surface area contributed by atoms with E-state index in [1.165, 1.54) is 32.1 Å². The normalized spacial score (nSPS) is 26.6. The Morgan fingerprint density at radius 2 is 2.44 bits per heavy atom. The van der Waals surface area contributed by atoms with Gasteiger partial charge in [0.05, 0.1) is 0 Å². The van der Waals surface area contributed by atoms with Crippen molar-refractivity contribution in [2.75, 3.05) is 0 Å². The van der Waals surface area contributed by atoms with Gasteiger partial charge in [0, 0.05) is 0 Å². The molecule has 52 valence electrons. The van der Waals surface area contributed by atoms with Crippen molar-refractivity contribution < 1.29 is 0 Å². The first-order valence-corrected chi connectivity index (χ1v) is 4.10. The Kier molecular flexibility index (Phi) is 2.82. The van der Waals surface area contributed by atoms with Crippen LogP contribution in [0.4, 0.5) is 0 Å². The summed E-state index contributed by atoms with van der Waals surface area (Å²) in [5, 5.41) is 0. The number of rotatable bonds is 2. The molecule has 0 heterocycles. The maximum atomic E-state index is 2.40. The summed E-state index contributed by atoms with van der Waals surface area (Å²) in [4.78, 5) is 0. The third-order valence-corrected chi connectivity index (χ3v) is 2.01. The second kappa shape index (κ2) is 3.71. The topological polar surface area (TPSA) is 0 Å². The molecular formula is C9H16. The highest BCUT2D eigenvalue weighted by atomic mass is 14.1. The maximum Gasteiger partial charge on any atom is -0.0234 e. The van der Waals surface area contributed by atoms with Crippen molar-refractivity contribution in [3.05, 3.63) is 12.2 Å². The van der Waals surface area contributed by atoms with Gasteiger partial charge in [-0.05, 0) is 31.6 Å². The second-order valence-electron chi connectivity index (χ2n) is 2.91. The molecule has 1 atom stereocenters. The fourth-order valence-corrected chi connectivity index (χ4v) is 1.49. The molecule has 0 aliphatic heterocycles. The van der Waals surface area contributed by atoms with Crippen LogP contribution in [0.1, 0.15) is 39.0 Å². The van der Waals surface area contributed by atoms with Crippen LogP contribution in [0.25, 0.3) is 0 Å². The largest absolute Gasteiger partial charge is 0.0883 e. The van der Waals surface area contributed by atoms with Crippen molar-refractivity contribution in [1.29, 1.82) is 0 Å². The first kappa shape index (κ1) is 6.85. The quantitative estimate of drug-likeness (QED) is 0.496. The van der Waals surface area contributed by atoms with Crippen LogP contribution in [0, 0.1) is 5.92 Å². The highest BCUT2D eigenvalue weighted by Crippen LogP contribution is 2.20. The standard InChI is InChI=1S/C9H16/c1-2-6-9-7-4-3-5-8-9/h4,7,9H,2-3,5-6,8H2,1H3/t9-/m1/s1. The minimum absolute atomic E-state index is 0.920. The summed E-state index contributed by atoms with van der Waals surface area (Å²) in [6.45, 7) is 2.27. The van der Waals surface area contributed by atoms with Gasteiger partial charge in [-0.2, -0.15) is 0 Å². The SMILES string of the molecule is CCC[C@@H]1C=CCCC1. The van der Waals surface area contributed by atoms with E-state index in [0.717, 1.165) is 5.92 Å². The maximum absolute atomic E-state index is 2.40. The summed E-state index contributed by atoms with van der Waals surface area (Å²) >= 11 is 0. The molecule has 0 aromatic heterocycles. The Bertz CT molecular complexity index is 92.2. The average Bonchev–Trinajstić information content (AvgIpc) is 1.91. The van der Waals surface area contributed by atoms with E-state index in [4.69, 9.17) is 0 Å². The smallest absolute Gasteiger partial charge is 0.0234 e. The fourth-order valence-electron chi connectivity index (χ4n) is 1.49. The van der Waals surface area contributed by atoms with E-state index in [1.54, 1.807) is 0 Å². The van der Waals surface area contributed by atoms with Gasteiger partial charge in [0.15, 0.2) is 0 Å². The van der Waals surface area contributed by atoms with E-state index in [2.05, 4.69) is 19.1 Å². The lowest BCUT2D eigenvalue weighted by atomic mass is 9.92. The van der Waals surface area contributed by atoms with Crippen LogP contribution < -0.4 is 0 Å². The Morgan fingerprint density at radius 3 is 3.00 bits per heavy atom. The zero-order valence-electron chi connectivity index (χ0n) is 6.27. The first-order valence-electron chi connectivity index (χ1n) is 4.10. The van der Waals surface area contributed by atoms with Crippen LogP contribution in [0.15, 0.2) is 12.2 Å². The van der Waals surface area contributed by atoms with Gasteiger partial charge in [0.2, 0.25) is 0 Å². The van der Waals surface area contributed by atoms with E-state index in [-0.39, 0.29) is 0 Å². The lowest BCUT2D eigenvalue weighted by molar-refractivity contribution is 0.500. The highest BCUT2D eigenvalue weighted by molar-refractivity contribution is 4.92. The molecule has 0 aromatic rings. The summed E-state index contributed by atoms with van der Waals surface area (Å²) in [5.41, 5.74) is 0. The van der Waals surface area contributed by atoms with Gasteiger partial charge in [-0.25, -0.2) is 0 Å². The van der Waals surface area contributed by atoms with Crippen LogP contribution in [-0.2, 0) is 0 Å². The molecule has 1 aliphatic carbocycles. The molecule has 0 nitrogen and oxygen atoms in total. The molecule has 0 spiro atoms. The summed E-state index contributed by atoms with van der Waals surface area (Å²) in [5.74, 6) is 0.920. The molecule has 0 aromatic carbocycles. The van der Waals surface area contributed by atoms with Gasteiger partial charge in [0.1, 0.15) is 0 Å². The van der Waals surface area contributed by atoms with Crippen LogP contribution in [0.3, 0.4) is 0 Å². The Balaban J connectivity index is 2.23. The van der Waals surface area contributed by atoms with Gasteiger partial charge < -0.3 is 0 Å². The Morgan fingerprint density at radius 1 is 1.56 bits per heavy atom. The lowest BCUT2D eigenvalue weighted by Gasteiger charge is -2.14. The van der Waals surface area contributed by atoms with Gasteiger partial charge in [-0.1, -0.05) is 25.5 Å². The van der Waals surface area contributed by atoms with Crippen LogP contribution >= 0.6 is 0 Å². The Hall–Kier alpha value is -0.260. The van der Waals surface area contributed by atoms with Crippen LogP contribution in [0.5, 0.6) is 0 Å². The van der Waals surface area contributed by atoms with E-state index < -0.39 is 0 Å². The van der Waals surface area contributed by atoms with Gasteiger partial charge >= 0.3 is 0 Å². The molecule has 1 rings (SSSR count). The third kappa shape index (κ3) is 2.21. The van der Waals surface area contributed by atoms with Gasteiger partial charge in [-0.3, -0.25) is 0 Å². The van der Waals surface area contributed by atoms with Gasteiger partial charge in [0.25, 0.3) is 0 Å². The summed E-state index contributed by atoms with van der Waals surface area (Å²) in [6.07, 6.45) is 11.6. The molecule has 0 heteroatoms.